The lowest BCUT2D eigenvalue weighted by Gasteiger charge is -2.07. The van der Waals surface area contributed by atoms with E-state index in [-0.39, 0.29) is 18.4 Å². The fourth-order valence-electron chi connectivity index (χ4n) is 2.25. The molecule has 0 aliphatic heterocycles. The molecule has 0 fully saturated rings. The van der Waals surface area contributed by atoms with E-state index in [1.807, 2.05) is 0 Å². The van der Waals surface area contributed by atoms with Crippen LogP contribution in [0.1, 0.15) is 28.9 Å². The molecule has 0 atom stereocenters. The molecular formula is C17H16N4O3. The number of benzene rings is 1. The molecular weight excluding hydrogens is 308 g/mol. The largest absolute Gasteiger partial charge is 0.441 e. The number of carbonyl (C=O) groups is 2. The number of anilines is 1. The minimum absolute atomic E-state index is 0.151. The van der Waals surface area contributed by atoms with E-state index in [0.29, 0.717) is 28.4 Å². The van der Waals surface area contributed by atoms with Crippen molar-refractivity contribution >= 4 is 28.6 Å². The lowest BCUT2D eigenvalue weighted by atomic mass is 10.2. The van der Waals surface area contributed by atoms with Gasteiger partial charge in [-0.25, -0.2) is 4.98 Å². The van der Waals surface area contributed by atoms with Crippen molar-refractivity contribution in [2.75, 3.05) is 5.32 Å². The number of amides is 2. The molecule has 7 nitrogen and oxygen atoms in total. The van der Waals surface area contributed by atoms with Gasteiger partial charge < -0.3 is 15.1 Å². The molecule has 0 spiro atoms. The molecule has 2 amide bonds. The number of nitrogens with one attached hydrogen (secondary N) is 2. The summed E-state index contributed by atoms with van der Waals surface area (Å²) in [5.41, 5.74) is 3.04. The first-order valence-electron chi connectivity index (χ1n) is 7.39. The first kappa shape index (κ1) is 15.7. The van der Waals surface area contributed by atoms with Crippen LogP contribution >= 0.6 is 0 Å². The first-order valence-corrected chi connectivity index (χ1v) is 7.39. The van der Waals surface area contributed by atoms with Crippen molar-refractivity contribution in [3.8, 4) is 0 Å². The van der Waals surface area contributed by atoms with Crippen LogP contribution in [0.15, 0.2) is 40.9 Å². The van der Waals surface area contributed by atoms with Crippen molar-refractivity contribution in [2.45, 2.75) is 20.4 Å². The third-order valence-electron chi connectivity index (χ3n) is 3.35. The summed E-state index contributed by atoms with van der Waals surface area (Å²) < 4.78 is 5.46. The number of hydrogen-bond donors (Lipinski definition) is 2. The average Bonchev–Trinajstić information content (AvgIpc) is 2.92. The Kier molecular flexibility index (Phi) is 4.24. The zero-order chi connectivity index (χ0) is 17.1. The van der Waals surface area contributed by atoms with Crippen molar-refractivity contribution in [1.82, 2.24) is 15.3 Å². The standard InChI is InChI=1S/C17H16N4O3/c1-10(22)19-9-14-7-12(5-6-18-14)17(23)21-13-3-4-15-16(8-13)24-11(2)20-15/h3-8H,9H2,1-2H3,(H,19,22)(H,21,23). The lowest BCUT2D eigenvalue weighted by molar-refractivity contribution is -0.119. The van der Waals surface area contributed by atoms with Crippen LogP contribution in [0, 0.1) is 6.92 Å². The van der Waals surface area contributed by atoms with Crippen molar-refractivity contribution in [1.29, 1.82) is 0 Å². The van der Waals surface area contributed by atoms with Crippen LogP contribution in [0.5, 0.6) is 0 Å². The van der Waals surface area contributed by atoms with Crippen LogP contribution in [0.25, 0.3) is 11.1 Å². The monoisotopic (exact) mass is 324 g/mol. The van der Waals surface area contributed by atoms with Gasteiger partial charge in [-0.2, -0.15) is 0 Å². The molecule has 7 heteroatoms. The number of aromatic nitrogens is 2. The third-order valence-corrected chi connectivity index (χ3v) is 3.35. The van der Waals surface area contributed by atoms with Gasteiger partial charge in [0.25, 0.3) is 5.91 Å². The molecule has 0 aliphatic carbocycles. The predicted molar refractivity (Wildman–Crippen MR) is 88.5 cm³/mol. The van der Waals surface area contributed by atoms with Crippen LogP contribution in [-0.4, -0.2) is 21.8 Å². The maximum Gasteiger partial charge on any atom is 0.255 e. The number of carbonyl (C=O) groups excluding carboxylic acids is 2. The minimum atomic E-state index is -0.267. The molecule has 122 valence electrons. The molecule has 0 radical (unpaired) electrons. The average molecular weight is 324 g/mol. The Morgan fingerprint density at radius 1 is 1.21 bits per heavy atom. The van der Waals surface area contributed by atoms with Gasteiger partial charge in [0, 0.05) is 37.4 Å². The van der Waals surface area contributed by atoms with E-state index in [1.54, 1.807) is 37.3 Å². The van der Waals surface area contributed by atoms with Gasteiger partial charge in [-0.3, -0.25) is 14.6 Å². The summed E-state index contributed by atoms with van der Waals surface area (Å²) in [6.07, 6.45) is 1.54. The van der Waals surface area contributed by atoms with Crippen molar-refractivity contribution in [3.05, 3.63) is 53.7 Å². The summed E-state index contributed by atoms with van der Waals surface area (Å²) in [4.78, 5) is 31.7. The number of aryl methyl sites for hydroxylation is 1. The Morgan fingerprint density at radius 3 is 2.83 bits per heavy atom. The first-order chi connectivity index (χ1) is 11.5. The molecule has 24 heavy (non-hydrogen) atoms. The normalized spacial score (nSPS) is 10.6. The quantitative estimate of drug-likeness (QED) is 0.768. The van der Waals surface area contributed by atoms with Crippen LogP contribution in [0.4, 0.5) is 5.69 Å². The van der Waals surface area contributed by atoms with Crippen LogP contribution in [0.3, 0.4) is 0 Å². The second kappa shape index (κ2) is 6.49. The minimum Gasteiger partial charge on any atom is -0.441 e. The summed E-state index contributed by atoms with van der Waals surface area (Å²) in [6, 6.07) is 8.54. The molecule has 0 saturated carbocycles. The van der Waals surface area contributed by atoms with Gasteiger partial charge in [-0.1, -0.05) is 0 Å². The van der Waals surface area contributed by atoms with Crippen LogP contribution in [0.2, 0.25) is 0 Å². The Balaban J connectivity index is 1.75. The van der Waals surface area contributed by atoms with Crippen molar-refractivity contribution < 1.29 is 14.0 Å². The summed E-state index contributed by atoms with van der Waals surface area (Å²) >= 11 is 0. The number of oxazole rings is 1. The van der Waals surface area contributed by atoms with Gasteiger partial charge in [-0.05, 0) is 24.3 Å². The second-order valence-electron chi connectivity index (χ2n) is 5.32. The van der Waals surface area contributed by atoms with Crippen LogP contribution in [-0.2, 0) is 11.3 Å². The number of rotatable bonds is 4. The summed E-state index contributed by atoms with van der Waals surface area (Å²) in [5.74, 6) is 0.157. The highest BCUT2D eigenvalue weighted by atomic mass is 16.3. The van der Waals surface area contributed by atoms with Gasteiger partial charge in [0.15, 0.2) is 11.5 Å². The highest BCUT2D eigenvalue weighted by Gasteiger charge is 2.10. The Labute approximate surface area is 138 Å². The Morgan fingerprint density at radius 2 is 2.04 bits per heavy atom. The van der Waals surface area contributed by atoms with Gasteiger partial charge in [0.1, 0.15) is 5.52 Å². The zero-order valence-electron chi connectivity index (χ0n) is 13.3. The highest BCUT2D eigenvalue weighted by molar-refractivity contribution is 6.04. The molecule has 2 aromatic heterocycles. The molecule has 0 bridgehead atoms. The Bertz CT molecular complexity index is 917. The second-order valence-corrected chi connectivity index (χ2v) is 5.32. The van der Waals surface area contributed by atoms with E-state index < -0.39 is 0 Å². The summed E-state index contributed by atoms with van der Waals surface area (Å²) in [5, 5.41) is 5.46. The van der Waals surface area contributed by atoms with Gasteiger partial charge >= 0.3 is 0 Å². The molecule has 1 aromatic carbocycles. The fourth-order valence-corrected chi connectivity index (χ4v) is 2.25. The van der Waals surface area contributed by atoms with E-state index in [0.717, 1.165) is 5.52 Å². The molecule has 0 saturated heterocycles. The molecule has 2 heterocycles. The predicted octanol–water partition coefficient (Wildman–Crippen LogP) is 2.42. The maximum atomic E-state index is 12.4. The van der Waals surface area contributed by atoms with E-state index in [2.05, 4.69) is 20.6 Å². The maximum absolute atomic E-state index is 12.4. The van der Waals surface area contributed by atoms with E-state index in [1.165, 1.54) is 13.1 Å². The molecule has 3 aromatic rings. The van der Waals surface area contributed by atoms with Gasteiger partial charge in [-0.15, -0.1) is 0 Å². The van der Waals surface area contributed by atoms with Crippen LogP contribution < -0.4 is 10.6 Å². The van der Waals surface area contributed by atoms with Gasteiger partial charge in [0.2, 0.25) is 5.91 Å². The van der Waals surface area contributed by atoms with E-state index >= 15 is 0 Å². The number of pyridine rings is 1. The smallest absolute Gasteiger partial charge is 0.255 e. The number of fused-ring (bicyclic) bond motifs is 1. The summed E-state index contributed by atoms with van der Waals surface area (Å²) in [7, 11) is 0. The lowest BCUT2D eigenvalue weighted by Crippen LogP contribution is -2.20. The Hall–Kier alpha value is -3.22. The molecule has 3 rings (SSSR count). The van der Waals surface area contributed by atoms with E-state index in [9.17, 15) is 9.59 Å². The van der Waals surface area contributed by atoms with E-state index in [4.69, 9.17) is 4.42 Å². The molecule has 0 aliphatic rings. The number of hydrogen-bond acceptors (Lipinski definition) is 5. The SMILES string of the molecule is CC(=O)NCc1cc(C(=O)Nc2ccc3nc(C)oc3c2)ccn1. The van der Waals surface area contributed by atoms with Crippen molar-refractivity contribution in [3.63, 3.8) is 0 Å². The molecule has 0 unspecified atom stereocenters. The fraction of sp³-hybridized carbons (Fsp3) is 0.176. The highest BCUT2D eigenvalue weighted by Crippen LogP contribution is 2.20. The zero-order valence-corrected chi connectivity index (χ0v) is 13.3. The third kappa shape index (κ3) is 3.57. The summed E-state index contributed by atoms with van der Waals surface area (Å²) in [6.45, 7) is 3.48. The molecule has 2 N–H and O–H groups in total. The number of nitrogens with zero attached hydrogens (tertiary/aromatic N) is 2. The van der Waals surface area contributed by atoms with Gasteiger partial charge in [0.05, 0.1) is 12.2 Å². The topological polar surface area (TPSA) is 97.1 Å². The van der Waals surface area contributed by atoms with Crippen molar-refractivity contribution in [2.24, 2.45) is 0 Å².